The molecule has 2 atom stereocenters. The van der Waals surface area contributed by atoms with Crippen LogP contribution < -0.4 is 15.8 Å². The SMILES string of the molecule is O=C1CN(C(=O)C2C=C(C3=CC(Br)CC(OC(F)(F)F)=C3)N(c3ccnc(Cl)c3)N2)CN1. The molecule has 1 aromatic heterocycles. The Kier molecular flexibility index (Phi) is 6.19. The van der Waals surface area contributed by atoms with Gasteiger partial charge < -0.3 is 15.0 Å². The van der Waals surface area contributed by atoms with Gasteiger partial charge in [-0.15, -0.1) is 13.2 Å². The quantitative estimate of drug-likeness (QED) is 0.457. The Morgan fingerprint density at radius 3 is 2.78 bits per heavy atom. The van der Waals surface area contributed by atoms with E-state index in [0.717, 1.165) is 0 Å². The number of nitrogens with one attached hydrogen (secondary N) is 2. The molecule has 0 aromatic carbocycles. The number of hydrogen-bond donors (Lipinski definition) is 2. The minimum atomic E-state index is -4.82. The Morgan fingerprint density at radius 1 is 1.34 bits per heavy atom. The number of ether oxygens (including phenoxy) is 1. The van der Waals surface area contributed by atoms with Gasteiger partial charge in [0.2, 0.25) is 11.8 Å². The molecule has 2 N–H and O–H groups in total. The number of aromatic nitrogens is 1. The predicted molar refractivity (Wildman–Crippen MR) is 112 cm³/mol. The molecule has 8 nitrogen and oxygen atoms in total. The van der Waals surface area contributed by atoms with E-state index in [-0.39, 0.29) is 42.4 Å². The standard InChI is InChI=1S/C19H16BrClF3N5O3/c20-11-3-10(4-13(5-11)32-19(22,23)24)15-7-14(18(31)28-8-17(30)26-9-28)27-29(15)12-1-2-25-16(21)6-12/h1-4,6-7,11,14,27H,5,8-9H2,(H,26,30). The van der Waals surface area contributed by atoms with E-state index < -0.39 is 17.2 Å². The zero-order chi connectivity index (χ0) is 23.0. The summed E-state index contributed by atoms with van der Waals surface area (Å²) in [7, 11) is 0. The molecule has 13 heteroatoms. The van der Waals surface area contributed by atoms with Crippen LogP contribution in [0, 0.1) is 0 Å². The minimum Gasteiger partial charge on any atom is -0.410 e. The van der Waals surface area contributed by atoms with Gasteiger partial charge in [0.15, 0.2) is 0 Å². The average Bonchev–Trinajstić information content (AvgIpc) is 3.32. The molecule has 3 aliphatic rings. The summed E-state index contributed by atoms with van der Waals surface area (Å²) in [5.74, 6) is -0.909. The molecule has 32 heavy (non-hydrogen) atoms. The van der Waals surface area contributed by atoms with Gasteiger partial charge >= 0.3 is 6.36 Å². The highest BCUT2D eigenvalue weighted by Crippen LogP contribution is 2.36. The van der Waals surface area contributed by atoms with Gasteiger partial charge in [0, 0.05) is 23.5 Å². The van der Waals surface area contributed by atoms with E-state index in [4.69, 9.17) is 11.6 Å². The van der Waals surface area contributed by atoms with Crippen molar-refractivity contribution in [3.05, 3.63) is 58.7 Å². The number of rotatable bonds is 4. The van der Waals surface area contributed by atoms with Gasteiger partial charge in [-0.25, -0.2) is 10.4 Å². The monoisotopic (exact) mass is 533 g/mol. The van der Waals surface area contributed by atoms with E-state index in [1.54, 1.807) is 29.3 Å². The fraction of sp³-hybridized carbons (Fsp3) is 0.316. The Balaban J connectivity index is 1.69. The Hall–Kier alpha value is -2.57. The zero-order valence-electron chi connectivity index (χ0n) is 16.2. The van der Waals surface area contributed by atoms with Crippen molar-refractivity contribution in [1.82, 2.24) is 20.6 Å². The van der Waals surface area contributed by atoms with E-state index in [0.29, 0.717) is 17.0 Å². The fourth-order valence-electron chi connectivity index (χ4n) is 3.50. The summed E-state index contributed by atoms with van der Waals surface area (Å²) < 4.78 is 42.5. The van der Waals surface area contributed by atoms with Crippen molar-refractivity contribution in [2.24, 2.45) is 0 Å². The van der Waals surface area contributed by atoms with Gasteiger partial charge in [0.05, 0.1) is 18.1 Å². The molecule has 0 saturated carbocycles. The first-order valence-electron chi connectivity index (χ1n) is 9.37. The summed E-state index contributed by atoms with van der Waals surface area (Å²) in [6, 6.07) is 2.32. The molecule has 2 unspecified atom stereocenters. The van der Waals surface area contributed by atoms with Crippen LogP contribution in [0.25, 0.3) is 0 Å². The topological polar surface area (TPSA) is 86.8 Å². The number of carbonyl (C=O) groups excluding carboxylic acids is 2. The number of pyridine rings is 1. The molecule has 170 valence electrons. The second-order valence-electron chi connectivity index (χ2n) is 7.13. The van der Waals surface area contributed by atoms with Crippen LogP contribution in [0.1, 0.15) is 6.42 Å². The maximum absolute atomic E-state index is 12.9. The summed E-state index contributed by atoms with van der Waals surface area (Å²) in [4.78, 5) is 29.3. The van der Waals surface area contributed by atoms with E-state index in [1.807, 2.05) is 0 Å². The Bertz CT molecular complexity index is 1050. The van der Waals surface area contributed by atoms with Crippen LogP contribution in [0.2, 0.25) is 5.15 Å². The summed E-state index contributed by atoms with van der Waals surface area (Å²) in [5.41, 5.74) is 4.38. The lowest BCUT2D eigenvalue weighted by Crippen LogP contribution is -2.47. The summed E-state index contributed by atoms with van der Waals surface area (Å²) >= 11 is 9.34. The third-order valence-corrected chi connectivity index (χ3v) is 5.59. The predicted octanol–water partition coefficient (Wildman–Crippen LogP) is 2.74. The van der Waals surface area contributed by atoms with Gasteiger partial charge in [-0.2, -0.15) is 0 Å². The second-order valence-corrected chi connectivity index (χ2v) is 8.69. The van der Waals surface area contributed by atoms with Crippen molar-refractivity contribution in [3.63, 3.8) is 0 Å². The van der Waals surface area contributed by atoms with Crippen molar-refractivity contribution in [1.29, 1.82) is 0 Å². The number of nitrogens with zero attached hydrogens (tertiary/aromatic N) is 3. The molecule has 1 saturated heterocycles. The van der Waals surface area contributed by atoms with Crippen LogP contribution in [-0.4, -0.2) is 52.1 Å². The van der Waals surface area contributed by atoms with Crippen molar-refractivity contribution < 1.29 is 27.5 Å². The largest absolute Gasteiger partial charge is 0.572 e. The van der Waals surface area contributed by atoms with Gasteiger partial charge in [0.25, 0.3) is 0 Å². The molecule has 2 aliphatic heterocycles. The maximum atomic E-state index is 12.9. The molecule has 0 bridgehead atoms. The number of alkyl halides is 4. The number of hydrogen-bond acceptors (Lipinski definition) is 6. The number of allylic oxidation sites excluding steroid dienone is 3. The lowest BCUT2D eigenvalue weighted by molar-refractivity contribution is -0.306. The van der Waals surface area contributed by atoms with Gasteiger partial charge in [-0.05, 0) is 23.8 Å². The van der Waals surface area contributed by atoms with E-state index in [9.17, 15) is 22.8 Å². The van der Waals surface area contributed by atoms with Crippen LogP contribution in [-0.2, 0) is 14.3 Å². The molecule has 1 aromatic rings. The van der Waals surface area contributed by atoms with E-state index >= 15 is 0 Å². The smallest absolute Gasteiger partial charge is 0.410 e. The summed E-state index contributed by atoms with van der Waals surface area (Å²) in [5, 5.41) is 4.30. The second kappa shape index (κ2) is 8.75. The lowest BCUT2D eigenvalue weighted by atomic mass is 10.0. The highest BCUT2D eigenvalue weighted by Gasteiger charge is 2.37. The maximum Gasteiger partial charge on any atom is 0.572 e. The highest BCUT2D eigenvalue weighted by atomic mass is 79.9. The van der Waals surface area contributed by atoms with E-state index in [2.05, 4.69) is 36.4 Å². The van der Waals surface area contributed by atoms with Gasteiger partial charge in [0.1, 0.15) is 23.5 Å². The van der Waals surface area contributed by atoms with Gasteiger partial charge in [-0.3, -0.25) is 14.6 Å². The van der Waals surface area contributed by atoms with Crippen LogP contribution in [0.5, 0.6) is 0 Å². The third kappa shape index (κ3) is 5.08. The Labute approximate surface area is 193 Å². The number of amides is 2. The number of anilines is 1. The van der Waals surface area contributed by atoms with Crippen LogP contribution in [0.3, 0.4) is 0 Å². The molecular weight excluding hydrogens is 519 g/mol. The highest BCUT2D eigenvalue weighted by molar-refractivity contribution is 9.09. The molecule has 0 spiro atoms. The zero-order valence-corrected chi connectivity index (χ0v) is 18.5. The number of hydrazine groups is 1. The number of carbonyl (C=O) groups is 2. The molecule has 1 aliphatic carbocycles. The third-order valence-electron chi connectivity index (χ3n) is 4.80. The van der Waals surface area contributed by atoms with Gasteiger partial charge in [-0.1, -0.05) is 33.6 Å². The molecule has 4 rings (SSSR count). The fourth-order valence-corrected chi connectivity index (χ4v) is 4.27. The van der Waals surface area contributed by atoms with Crippen molar-refractivity contribution in [3.8, 4) is 0 Å². The van der Waals surface area contributed by atoms with Crippen LogP contribution in [0.15, 0.2) is 53.6 Å². The average molecular weight is 535 g/mol. The summed E-state index contributed by atoms with van der Waals surface area (Å²) in [6.45, 7) is 0.00661. The molecular formula is C19H16BrClF3N5O3. The first kappa shape index (κ1) is 22.6. The first-order chi connectivity index (χ1) is 15.1. The molecule has 0 radical (unpaired) electrons. The van der Waals surface area contributed by atoms with Crippen LogP contribution in [0.4, 0.5) is 18.9 Å². The minimum absolute atomic E-state index is 0.00865. The van der Waals surface area contributed by atoms with E-state index in [1.165, 1.54) is 17.2 Å². The lowest BCUT2D eigenvalue weighted by Gasteiger charge is -2.27. The normalized spacial score (nSPS) is 23.5. The molecule has 2 amide bonds. The Morgan fingerprint density at radius 2 is 2.12 bits per heavy atom. The van der Waals surface area contributed by atoms with Crippen molar-refractivity contribution in [2.45, 2.75) is 23.7 Å². The van der Waals surface area contributed by atoms with Crippen LogP contribution >= 0.6 is 27.5 Å². The number of halogens is 5. The van der Waals surface area contributed by atoms with Crippen molar-refractivity contribution in [2.75, 3.05) is 18.2 Å². The summed E-state index contributed by atoms with van der Waals surface area (Å²) in [6.07, 6.45) is 1.23. The van der Waals surface area contributed by atoms with Crippen molar-refractivity contribution >= 4 is 45.0 Å². The first-order valence-corrected chi connectivity index (χ1v) is 10.7. The molecule has 1 fully saturated rings. The molecule has 3 heterocycles.